The molecule has 0 amide bonds. The second-order valence-electron chi connectivity index (χ2n) is 6.00. The maximum Gasteiger partial charge on any atom is 0.243 e. The zero-order chi connectivity index (χ0) is 15.2. The molecular weight excluding hydrogens is 260 g/mol. The van der Waals surface area contributed by atoms with Gasteiger partial charge in [-0.25, -0.2) is 9.13 Å². The van der Waals surface area contributed by atoms with Crippen molar-refractivity contribution >= 4 is 0 Å². The van der Waals surface area contributed by atoms with Gasteiger partial charge in [0.2, 0.25) is 6.33 Å². The first kappa shape index (κ1) is 18.2. The lowest BCUT2D eigenvalue weighted by Gasteiger charge is -1.99. The molecule has 0 unspecified atom stereocenters. The van der Waals surface area contributed by atoms with Gasteiger partial charge >= 0.3 is 0 Å². The SMILES string of the molecule is NCCCCCCCn1cc[n+](CCCCCCCN)c1. The molecule has 0 radical (unpaired) electrons. The summed E-state index contributed by atoms with van der Waals surface area (Å²) in [4.78, 5) is 0. The first-order valence-electron chi connectivity index (χ1n) is 8.82. The summed E-state index contributed by atoms with van der Waals surface area (Å²) in [5.74, 6) is 0. The molecular formula is C17H35N4+. The summed E-state index contributed by atoms with van der Waals surface area (Å²) in [5.41, 5.74) is 11.0. The van der Waals surface area contributed by atoms with Crippen LogP contribution >= 0.6 is 0 Å². The van der Waals surface area contributed by atoms with Crippen molar-refractivity contribution in [3.63, 3.8) is 0 Å². The van der Waals surface area contributed by atoms with E-state index in [0.717, 1.165) is 26.2 Å². The third-order valence-electron chi connectivity index (χ3n) is 3.99. The molecule has 21 heavy (non-hydrogen) atoms. The number of unbranched alkanes of at least 4 members (excludes halogenated alkanes) is 8. The molecule has 1 aromatic rings. The highest BCUT2D eigenvalue weighted by Crippen LogP contribution is 2.04. The van der Waals surface area contributed by atoms with Crippen molar-refractivity contribution in [1.29, 1.82) is 0 Å². The molecule has 0 saturated carbocycles. The molecule has 0 aliphatic rings. The Bertz CT molecular complexity index is 305. The van der Waals surface area contributed by atoms with Gasteiger partial charge in [0.1, 0.15) is 12.4 Å². The fraction of sp³-hybridized carbons (Fsp3) is 0.824. The van der Waals surface area contributed by atoms with Crippen molar-refractivity contribution in [3.8, 4) is 0 Å². The number of nitrogens with two attached hydrogens (primary N) is 2. The molecule has 0 saturated heterocycles. The lowest BCUT2D eigenvalue weighted by Crippen LogP contribution is -2.30. The maximum absolute atomic E-state index is 5.50. The van der Waals surface area contributed by atoms with Crippen molar-refractivity contribution in [3.05, 3.63) is 18.7 Å². The molecule has 0 spiro atoms. The fourth-order valence-corrected chi connectivity index (χ4v) is 2.64. The van der Waals surface area contributed by atoms with Gasteiger partial charge in [0.05, 0.1) is 13.1 Å². The van der Waals surface area contributed by atoms with E-state index in [1.54, 1.807) is 0 Å². The summed E-state index contributed by atoms with van der Waals surface area (Å²) >= 11 is 0. The maximum atomic E-state index is 5.50. The number of imidazole rings is 1. The third kappa shape index (κ3) is 9.64. The molecule has 4 heteroatoms. The lowest BCUT2D eigenvalue weighted by atomic mass is 10.1. The third-order valence-corrected chi connectivity index (χ3v) is 3.99. The van der Waals surface area contributed by atoms with Crippen molar-refractivity contribution < 1.29 is 4.57 Å². The second kappa shape index (κ2) is 12.8. The van der Waals surface area contributed by atoms with E-state index in [0.29, 0.717) is 0 Å². The van der Waals surface area contributed by atoms with E-state index in [4.69, 9.17) is 11.5 Å². The van der Waals surface area contributed by atoms with Gasteiger partial charge in [-0.1, -0.05) is 25.7 Å². The van der Waals surface area contributed by atoms with Gasteiger partial charge in [0.15, 0.2) is 0 Å². The van der Waals surface area contributed by atoms with Crippen LogP contribution in [0.5, 0.6) is 0 Å². The Hall–Kier alpha value is -0.870. The van der Waals surface area contributed by atoms with Gasteiger partial charge in [0, 0.05) is 0 Å². The van der Waals surface area contributed by atoms with Crippen LogP contribution in [0.3, 0.4) is 0 Å². The zero-order valence-electron chi connectivity index (χ0n) is 13.7. The average molecular weight is 295 g/mol. The van der Waals surface area contributed by atoms with Gasteiger partial charge in [-0.15, -0.1) is 0 Å². The van der Waals surface area contributed by atoms with E-state index in [2.05, 4.69) is 27.9 Å². The zero-order valence-corrected chi connectivity index (χ0v) is 13.7. The summed E-state index contributed by atoms with van der Waals surface area (Å²) < 4.78 is 4.63. The summed E-state index contributed by atoms with van der Waals surface area (Å²) in [6, 6.07) is 0. The van der Waals surface area contributed by atoms with Crippen LogP contribution in [0, 0.1) is 0 Å². The van der Waals surface area contributed by atoms with Gasteiger partial charge in [-0.2, -0.15) is 0 Å². The molecule has 1 rings (SSSR count). The molecule has 0 atom stereocenters. The molecule has 0 bridgehead atoms. The number of hydrogen-bond donors (Lipinski definition) is 2. The Morgan fingerprint density at radius 1 is 0.714 bits per heavy atom. The van der Waals surface area contributed by atoms with E-state index in [9.17, 15) is 0 Å². The molecule has 4 nitrogen and oxygen atoms in total. The van der Waals surface area contributed by atoms with Crippen molar-refractivity contribution in [1.82, 2.24) is 4.57 Å². The highest BCUT2D eigenvalue weighted by Gasteiger charge is 2.03. The smallest absolute Gasteiger partial charge is 0.243 e. The predicted molar refractivity (Wildman–Crippen MR) is 88.9 cm³/mol. The van der Waals surface area contributed by atoms with Crippen LogP contribution in [0.2, 0.25) is 0 Å². The van der Waals surface area contributed by atoms with Crippen molar-refractivity contribution in [2.24, 2.45) is 11.5 Å². The van der Waals surface area contributed by atoms with Crippen LogP contribution in [0.4, 0.5) is 0 Å². The Kier molecular flexibility index (Phi) is 11.1. The Morgan fingerprint density at radius 2 is 1.29 bits per heavy atom. The molecule has 0 aromatic carbocycles. The number of rotatable bonds is 14. The molecule has 0 fully saturated rings. The summed E-state index contributed by atoms with van der Waals surface area (Å²) in [7, 11) is 0. The van der Waals surface area contributed by atoms with E-state index in [1.165, 1.54) is 64.2 Å². The van der Waals surface area contributed by atoms with Crippen LogP contribution in [0.1, 0.15) is 64.2 Å². The monoisotopic (exact) mass is 295 g/mol. The molecule has 122 valence electrons. The first-order valence-corrected chi connectivity index (χ1v) is 8.82. The van der Waals surface area contributed by atoms with Crippen molar-refractivity contribution in [2.45, 2.75) is 77.3 Å². The van der Waals surface area contributed by atoms with E-state index < -0.39 is 0 Å². The topological polar surface area (TPSA) is 60.8 Å². The summed E-state index contributed by atoms with van der Waals surface area (Å²) in [5, 5.41) is 0. The Morgan fingerprint density at radius 3 is 1.95 bits per heavy atom. The average Bonchev–Trinajstić information content (AvgIpc) is 2.94. The van der Waals surface area contributed by atoms with Crippen LogP contribution in [-0.2, 0) is 13.1 Å². The summed E-state index contributed by atoms with van der Waals surface area (Å²) in [6.45, 7) is 3.96. The number of hydrogen-bond acceptors (Lipinski definition) is 2. The van der Waals surface area contributed by atoms with Gasteiger partial charge < -0.3 is 11.5 Å². The predicted octanol–water partition coefficient (Wildman–Crippen LogP) is 2.59. The van der Waals surface area contributed by atoms with Crippen LogP contribution < -0.4 is 16.0 Å². The van der Waals surface area contributed by atoms with Gasteiger partial charge in [-0.3, -0.25) is 0 Å². The molecule has 4 N–H and O–H groups in total. The largest absolute Gasteiger partial charge is 0.330 e. The lowest BCUT2D eigenvalue weighted by molar-refractivity contribution is -0.696. The molecule has 0 aliphatic heterocycles. The standard InChI is InChI=1S/C17H35N4/c18-11-7-3-1-5-9-13-20-15-16-21(17-20)14-10-6-2-4-8-12-19/h15-17H,1-14,18-19H2/q+1. The fourth-order valence-electron chi connectivity index (χ4n) is 2.64. The first-order chi connectivity index (χ1) is 10.4. The van der Waals surface area contributed by atoms with Gasteiger partial charge in [0.25, 0.3) is 0 Å². The van der Waals surface area contributed by atoms with Gasteiger partial charge in [-0.05, 0) is 51.6 Å². The Balaban J connectivity index is 2.01. The van der Waals surface area contributed by atoms with E-state index >= 15 is 0 Å². The minimum absolute atomic E-state index is 0.837. The highest BCUT2D eigenvalue weighted by molar-refractivity contribution is 4.66. The van der Waals surface area contributed by atoms with E-state index in [-0.39, 0.29) is 0 Å². The molecule has 1 aromatic heterocycles. The summed E-state index contributed by atoms with van der Waals surface area (Å²) in [6.07, 6.45) is 19.4. The minimum Gasteiger partial charge on any atom is -0.330 e. The molecule has 0 aliphatic carbocycles. The van der Waals surface area contributed by atoms with Crippen molar-refractivity contribution in [2.75, 3.05) is 13.1 Å². The number of aryl methyl sites for hydroxylation is 2. The number of aromatic nitrogens is 2. The highest BCUT2D eigenvalue weighted by atomic mass is 15.1. The minimum atomic E-state index is 0.837. The Labute approximate surface area is 130 Å². The van der Waals surface area contributed by atoms with E-state index in [1.807, 2.05) is 0 Å². The van der Waals surface area contributed by atoms with Crippen LogP contribution in [-0.4, -0.2) is 17.7 Å². The number of nitrogens with zero attached hydrogens (tertiary/aromatic N) is 2. The van der Waals surface area contributed by atoms with Crippen LogP contribution in [0.15, 0.2) is 18.7 Å². The molecule has 1 heterocycles. The second-order valence-corrected chi connectivity index (χ2v) is 6.00. The normalized spacial score (nSPS) is 11.1. The van der Waals surface area contributed by atoms with Crippen LogP contribution in [0.25, 0.3) is 0 Å². The quantitative estimate of drug-likeness (QED) is 0.409.